The number of anilines is 2. The zero-order valence-corrected chi connectivity index (χ0v) is 23.6. The van der Waals surface area contributed by atoms with Crippen molar-refractivity contribution in [2.45, 2.75) is 15.2 Å². The number of amides is 1. The SMILES string of the molecule is Nn1c(N/N=C/c2ccc(Cl)cc2Cl)nnc1SCC(=O)Nc1nnc(SCc2cccc(Br)c2)s1. The van der Waals surface area contributed by atoms with Gasteiger partial charge in [0.1, 0.15) is 0 Å². The normalized spacial score (nSPS) is 11.2. The van der Waals surface area contributed by atoms with Crippen molar-refractivity contribution in [1.29, 1.82) is 0 Å². The van der Waals surface area contributed by atoms with E-state index >= 15 is 0 Å². The molecule has 4 rings (SSSR count). The number of benzene rings is 2. The van der Waals surface area contributed by atoms with E-state index in [2.05, 4.69) is 52.2 Å². The van der Waals surface area contributed by atoms with Crippen molar-refractivity contribution < 1.29 is 4.79 Å². The number of thioether (sulfide) groups is 2. The van der Waals surface area contributed by atoms with Crippen LogP contribution < -0.4 is 16.6 Å². The molecule has 0 spiro atoms. The second-order valence-corrected chi connectivity index (χ2v) is 11.7. The number of rotatable bonds is 10. The van der Waals surface area contributed by atoms with Gasteiger partial charge in [0, 0.05) is 20.8 Å². The predicted octanol–water partition coefficient (Wildman–Crippen LogP) is 5.38. The second kappa shape index (κ2) is 12.7. The largest absolute Gasteiger partial charge is 0.334 e. The fraction of sp³-hybridized carbons (Fsp3) is 0.100. The minimum atomic E-state index is -0.271. The molecule has 16 heteroatoms. The van der Waals surface area contributed by atoms with Gasteiger partial charge in [0.15, 0.2) is 4.34 Å². The van der Waals surface area contributed by atoms with Gasteiger partial charge in [-0.1, -0.05) is 92.2 Å². The van der Waals surface area contributed by atoms with E-state index in [1.165, 1.54) is 22.2 Å². The lowest BCUT2D eigenvalue weighted by Crippen LogP contribution is -2.16. The van der Waals surface area contributed by atoms with Gasteiger partial charge in [-0.3, -0.25) is 10.1 Å². The van der Waals surface area contributed by atoms with Crippen LogP contribution in [0.2, 0.25) is 10.0 Å². The van der Waals surface area contributed by atoms with Crippen LogP contribution in [0.25, 0.3) is 0 Å². The smallest absolute Gasteiger partial charge is 0.264 e. The molecular formula is C20H16BrCl2N9OS3. The first-order chi connectivity index (χ1) is 17.4. The Hall–Kier alpha value is -2.36. The number of hydrogen-bond donors (Lipinski definition) is 3. The maximum atomic E-state index is 12.4. The summed E-state index contributed by atoms with van der Waals surface area (Å²) in [6.45, 7) is 0. The Balaban J connectivity index is 1.24. The summed E-state index contributed by atoms with van der Waals surface area (Å²) in [7, 11) is 0. The fourth-order valence-corrected chi connectivity index (χ4v) is 5.86. The van der Waals surface area contributed by atoms with Crippen LogP contribution in [0.1, 0.15) is 11.1 Å². The van der Waals surface area contributed by atoms with Crippen molar-refractivity contribution >= 4 is 97.2 Å². The number of nitrogens with two attached hydrogens (primary N) is 1. The van der Waals surface area contributed by atoms with Crippen LogP contribution in [0.15, 0.2) is 61.5 Å². The molecule has 1 amide bonds. The lowest BCUT2D eigenvalue weighted by Gasteiger charge is -2.03. The van der Waals surface area contributed by atoms with E-state index in [1.54, 1.807) is 30.0 Å². The molecule has 0 aliphatic heterocycles. The summed E-state index contributed by atoms with van der Waals surface area (Å²) in [4.78, 5) is 12.4. The highest BCUT2D eigenvalue weighted by Gasteiger charge is 2.14. The minimum absolute atomic E-state index is 0.0546. The minimum Gasteiger partial charge on any atom is -0.334 e. The number of aromatic nitrogens is 5. The number of nitrogens with zero attached hydrogens (tertiary/aromatic N) is 6. The molecule has 0 fully saturated rings. The quantitative estimate of drug-likeness (QED) is 0.0683. The molecule has 2 heterocycles. The first-order valence-electron chi connectivity index (χ1n) is 9.95. The molecule has 0 unspecified atom stereocenters. The molecule has 0 bridgehead atoms. The van der Waals surface area contributed by atoms with Gasteiger partial charge < -0.3 is 5.84 Å². The number of halogens is 3. The topological polar surface area (TPSA) is 136 Å². The van der Waals surface area contributed by atoms with Crippen LogP contribution in [0.4, 0.5) is 11.1 Å². The molecule has 0 aliphatic carbocycles. The molecule has 0 radical (unpaired) electrons. The number of hydrazone groups is 1. The summed E-state index contributed by atoms with van der Waals surface area (Å²) in [5.74, 6) is 6.72. The van der Waals surface area contributed by atoms with Crippen LogP contribution in [0.3, 0.4) is 0 Å². The molecule has 4 aromatic rings. The fourth-order valence-electron chi connectivity index (χ4n) is 2.59. The van der Waals surface area contributed by atoms with E-state index in [9.17, 15) is 4.79 Å². The zero-order valence-electron chi connectivity index (χ0n) is 18.1. The van der Waals surface area contributed by atoms with Gasteiger partial charge in [-0.15, -0.1) is 20.4 Å². The molecule has 2 aromatic carbocycles. The summed E-state index contributed by atoms with van der Waals surface area (Å²) in [5.41, 5.74) is 4.51. The average Bonchev–Trinajstić information content (AvgIpc) is 3.44. The summed E-state index contributed by atoms with van der Waals surface area (Å²) in [5, 5.41) is 24.6. The summed E-state index contributed by atoms with van der Waals surface area (Å²) in [6, 6.07) is 13.1. The third kappa shape index (κ3) is 7.57. The van der Waals surface area contributed by atoms with Gasteiger partial charge in [0.25, 0.3) is 5.95 Å². The highest BCUT2D eigenvalue weighted by Crippen LogP contribution is 2.29. The highest BCUT2D eigenvalue weighted by molar-refractivity contribution is 9.10. The van der Waals surface area contributed by atoms with E-state index < -0.39 is 0 Å². The van der Waals surface area contributed by atoms with Gasteiger partial charge in [-0.2, -0.15) is 5.10 Å². The zero-order chi connectivity index (χ0) is 25.5. The van der Waals surface area contributed by atoms with Crippen LogP contribution in [0, 0.1) is 0 Å². The number of hydrogen-bond acceptors (Lipinski definition) is 11. The Kier molecular flexibility index (Phi) is 9.45. The molecule has 36 heavy (non-hydrogen) atoms. The maximum Gasteiger partial charge on any atom is 0.264 e. The Bertz CT molecular complexity index is 1400. The summed E-state index contributed by atoms with van der Waals surface area (Å²) >= 11 is 19.4. The lowest BCUT2D eigenvalue weighted by molar-refractivity contribution is -0.113. The molecule has 4 N–H and O–H groups in total. The standard InChI is InChI=1S/C20H16BrCl2N9OS3/c21-13-3-1-2-11(6-13)9-35-20-31-29-18(36-20)26-16(33)10-34-19-30-28-17(32(19)24)27-25-8-12-4-5-14(22)7-15(12)23/h1-8H,9-10,24H2,(H,27,28)(H,26,29,33)/b25-8+. The van der Waals surface area contributed by atoms with E-state index in [0.717, 1.165) is 31.9 Å². The third-order valence-electron chi connectivity index (χ3n) is 4.23. The van der Waals surface area contributed by atoms with Crippen LogP contribution >= 0.6 is 74.0 Å². The molecular weight excluding hydrogens is 629 g/mol. The van der Waals surface area contributed by atoms with Gasteiger partial charge in [-0.05, 0) is 29.8 Å². The monoisotopic (exact) mass is 643 g/mol. The first kappa shape index (κ1) is 26.7. The summed E-state index contributed by atoms with van der Waals surface area (Å²) in [6.07, 6.45) is 1.50. The highest BCUT2D eigenvalue weighted by atomic mass is 79.9. The van der Waals surface area contributed by atoms with Crippen molar-refractivity contribution in [3.8, 4) is 0 Å². The van der Waals surface area contributed by atoms with Gasteiger partial charge >= 0.3 is 0 Å². The molecule has 0 saturated heterocycles. The average molecular weight is 645 g/mol. The van der Waals surface area contributed by atoms with E-state index in [4.69, 9.17) is 29.0 Å². The van der Waals surface area contributed by atoms with Crippen molar-refractivity contribution in [2.75, 3.05) is 22.3 Å². The molecule has 186 valence electrons. The van der Waals surface area contributed by atoms with Gasteiger partial charge in [0.2, 0.25) is 16.2 Å². The second-order valence-electron chi connectivity index (χ2n) is 6.84. The number of carbonyl (C=O) groups is 1. The Labute approximate surface area is 236 Å². The van der Waals surface area contributed by atoms with Crippen molar-refractivity contribution in [2.24, 2.45) is 5.10 Å². The molecule has 0 atom stereocenters. The summed E-state index contributed by atoms with van der Waals surface area (Å²) < 4.78 is 2.98. The maximum absolute atomic E-state index is 12.4. The van der Waals surface area contributed by atoms with Crippen LogP contribution in [-0.4, -0.2) is 42.9 Å². The van der Waals surface area contributed by atoms with Crippen LogP contribution in [0.5, 0.6) is 0 Å². The number of carbonyl (C=O) groups excluding carboxylic acids is 1. The first-order valence-corrected chi connectivity index (χ1v) is 14.3. The van der Waals surface area contributed by atoms with Crippen LogP contribution in [-0.2, 0) is 10.5 Å². The molecule has 0 saturated carbocycles. The predicted molar refractivity (Wildman–Crippen MR) is 151 cm³/mol. The number of nitrogens with one attached hydrogen (secondary N) is 2. The van der Waals surface area contributed by atoms with E-state index in [-0.39, 0.29) is 17.6 Å². The number of nitrogen functional groups attached to an aromatic ring is 1. The van der Waals surface area contributed by atoms with Crippen molar-refractivity contribution in [3.63, 3.8) is 0 Å². The third-order valence-corrected chi connectivity index (χ3v) is 8.27. The van der Waals surface area contributed by atoms with Crippen molar-refractivity contribution in [3.05, 3.63) is 68.1 Å². The van der Waals surface area contributed by atoms with Gasteiger partial charge in [0.05, 0.1) is 17.0 Å². The Morgan fingerprint density at radius 3 is 2.83 bits per heavy atom. The lowest BCUT2D eigenvalue weighted by atomic mass is 10.2. The Morgan fingerprint density at radius 1 is 1.17 bits per heavy atom. The van der Waals surface area contributed by atoms with E-state index in [1.807, 2.05) is 24.3 Å². The van der Waals surface area contributed by atoms with Gasteiger partial charge in [-0.25, -0.2) is 10.1 Å². The molecule has 10 nitrogen and oxygen atoms in total. The molecule has 2 aromatic heterocycles. The van der Waals surface area contributed by atoms with Crippen molar-refractivity contribution in [1.82, 2.24) is 25.1 Å². The van der Waals surface area contributed by atoms with E-state index in [0.29, 0.717) is 25.9 Å². The molecule has 0 aliphatic rings. The Morgan fingerprint density at radius 2 is 2.03 bits per heavy atom.